The fourth-order valence-electron chi connectivity index (χ4n) is 11.4. The summed E-state index contributed by atoms with van der Waals surface area (Å²) in [4.78, 5) is 32.1. The fraction of sp³-hybridized carbons (Fsp3) is 0.628. The molecule has 12 heteroatoms. The SMILES string of the molecule is C/C=C\N(CC)C[C@]1(c2ccc(Cl)cc2Cl)OC[C@H](COc2ccc(N3CCN(C(=O)COCCNC(=O)CC45CC6CC7CC(C4)C5(C7)C6)CC3)cc2)O1. The smallest absolute Gasteiger partial charge is 0.248 e. The van der Waals surface area contributed by atoms with Crippen molar-refractivity contribution in [3.63, 3.8) is 0 Å². The van der Waals surface area contributed by atoms with E-state index in [0.717, 1.165) is 54.4 Å². The molecule has 2 amide bonds. The standard InChI is InChI=1S/C43H56Cl2N4O6/c1-3-12-47(4-2)29-43(37-10-5-33(44)20-38(37)45)54-27-36(55-43)26-53-35-8-6-34(7-9-35)48-13-15-49(16-14-48)40(51)28-52-17-11-46-39(50)25-41-21-31-18-30-19-32(24-41)42(41,22-30)23-31/h3,5-10,12,20,30-32,36H,4,11,13-19,21-29H2,1-2H3,(H,46,50)/b12-3-/t30?,31?,32?,36-,41?,42?,43-/m0/s1. The van der Waals surface area contributed by atoms with Crippen molar-refractivity contribution in [3.8, 4) is 5.75 Å². The molecule has 4 saturated carbocycles. The topological polar surface area (TPSA) is 92.8 Å². The second-order valence-corrected chi connectivity index (χ2v) is 17.7. The number of piperazine rings is 1. The minimum absolute atomic E-state index is 0.00747. The molecule has 2 saturated heterocycles. The summed E-state index contributed by atoms with van der Waals surface area (Å²) >= 11 is 12.9. The van der Waals surface area contributed by atoms with Gasteiger partial charge in [0.1, 0.15) is 25.1 Å². The van der Waals surface area contributed by atoms with Crippen LogP contribution in [0.5, 0.6) is 5.75 Å². The van der Waals surface area contributed by atoms with E-state index >= 15 is 0 Å². The van der Waals surface area contributed by atoms with E-state index in [-0.39, 0.29) is 29.9 Å². The van der Waals surface area contributed by atoms with E-state index in [1.54, 1.807) is 12.1 Å². The molecular formula is C43H56Cl2N4O6. The minimum Gasteiger partial charge on any atom is -0.491 e. The summed E-state index contributed by atoms with van der Waals surface area (Å²) in [5.74, 6) is 2.49. The highest BCUT2D eigenvalue weighted by Gasteiger charge is 2.74. The summed E-state index contributed by atoms with van der Waals surface area (Å²) in [7, 11) is 0. The second kappa shape index (κ2) is 16.1. The Morgan fingerprint density at radius 1 is 1.02 bits per heavy atom. The lowest BCUT2D eigenvalue weighted by molar-refractivity contribution is -0.187. The fourth-order valence-corrected chi connectivity index (χ4v) is 12.0. The predicted octanol–water partition coefficient (Wildman–Crippen LogP) is 6.88. The monoisotopic (exact) mass is 794 g/mol. The molecule has 1 N–H and O–H groups in total. The molecule has 10 nitrogen and oxygen atoms in total. The van der Waals surface area contributed by atoms with Crippen LogP contribution < -0.4 is 15.0 Å². The number of carbonyl (C=O) groups excluding carboxylic acids is 2. The summed E-state index contributed by atoms with van der Waals surface area (Å²) in [6.45, 7) is 9.56. The third kappa shape index (κ3) is 7.71. The molecule has 6 aliphatic rings. The zero-order valence-electron chi connectivity index (χ0n) is 32.3. The van der Waals surface area contributed by atoms with Gasteiger partial charge >= 0.3 is 0 Å². The summed E-state index contributed by atoms with van der Waals surface area (Å²) in [6.07, 6.45) is 12.5. The summed E-state index contributed by atoms with van der Waals surface area (Å²) < 4.78 is 24.8. The predicted molar refractivity (Wildman–Crippen MR) is 213 cm³/mol. The highest BCUT2D eigenvalue weighted by molar-refractivity contribution is 6.35. The van der Waals surface area contributed by atoms with Crippen LogP contribution in [0.1, 0.15) is 64.4 Å². The van der Waals surface area contributed by atoms with Crippen LogP contribution in [0.4, 0.5) is 5.69 Å². The number of nitrogens with zero attached hydrogens (tertiary/aromatic N) is 3. The number of ether oxygens (including phenoxy) is 4. The molecule has 2 aromatic rings. The number of halogens is 2. The van der Waals surface area contributed by atoms with Crippen LogP contribution in [0.2, 0.25) is 10.0 Å². The van der Waals surface area contributed by atoms with E-state index in [4.69, 9.17) is 42.1 Å². The molecule has 298 valence electrons. The largest absolute Gasteiger partial charge is 0.491 e. The van der Waals surface area contributed by atoms with Crippen molar-refractivity contribution in [1.29, 1.82) is 0 Å². The number of nitrogens with one attached hydrogen (secondary N) is 1. The molecule has 0 radical (unpaired) electrons. The highest BCUT2D eigenvalue weighted by Crippen LogP contribution is 2.82. The van der Waals surface area contributed by atoms with E-state index in [2.05, 4.69) is 34.2 Å². The van der Waals surface area contributed by atoms with Crippen molar-refractivity contribution in [1.82, 2.24) is 15.1 Å². The first-order valence-corrected chi connectivity index (χ1v) is 21.1. The first-order chi connectivity index (χ1) is 26.6. The molecule has 1 spiro atoms. The Labute approximate surface area is 335 Å². The molecular weight excluding hydrogens is 739 g/mol. The third-order valence-corrected chi connectivity index (χ3v) is 14.2. The third-order valence-electron chi connectivity index (χ3n) is 13.7. The Morgan fingerprint density at radius 3 is 2.58 bits per heavy atom. The lowest BCUT2D eigenvalue weighted by Crippen LogP contribution is -2.54. The number of carbonyl (C=O) groups is 2. The molecule has 7 atom stereocenters. The van der Waals surface area contributed by atoms with Gasteiger partial charge in [0, 0.05) is 62.0 Å². The summed E-state index contributed by atoms with van der Waals surface area (Å²) in [5.41, 5.74) is 2.57. The maximum Gasteiger partial charge on any atom is 0.248 e. The average molecular weight is 796 g/mol. The normalized spacial score (nSPS) is 31.9. The maximum atomic E-state index is 13.0. The number of rotatable bonds is 16. The van der Waals surface area contributed by atoms with Gasteiger partial charge in [0.05, 0.1) is 24.8 Å². The molecule has 0 aromatic heterocycles. The number of amides is 2. The number of fused-ring (bicyclic) bond motifs is 2. The van der Waals surface area contributed by atoms with Gasteiger partial charge in [-0.25, -0.2) is 0 Å². The Hall–Kier alpha value is -3.02. The molecule has 2 aromatic carbocycles. The van der Waals surface area contributed by atoms with Crippen molar-refractivity contribution in [2.24, 2.45) is 28.6 Å². The van der Waals surface area contributed by atoms with E-state index in [1.165, 1.54) is 38.5 Å². The van der Waals surface area contributed by atoms with Crippen LogP contribution in [0.25, 0.3) is 0 Å². The van der Waals surface area contributed by atoms with Crippen molar-refractivity contribution in [2.75, 3.05) is 77.1 Å². The van der Waals surface area contributed by atoms with Gasteiger partial charge in [-0.2, -0.15) is 0 Å². The number of benzene rings is 2. The Morgan fingerprint density at radius 2 is 1.82 bits per heavy atom. The van der Waals surface area contributed by atoms with E-state index in [1.807, 2.05) is 42.3 Å². The Bertz CT molecular complexity index is 1730. The number of likely N-dealkylation sites (N-methyl/N-ethyl adjacent to an activating group) is 1. The average Bonchev–Trinajstić information content (AvgIpc) is 3.74. The lowest BCUT2D eigenvalue weighted by atomic mass is 9.45. The van der Waals surface area contributed by atoms with Gasteiger partial charge in [-0.05, 0) is 124 Å². The Balaban J connectivity index is 0.740. The molecule has 5 unspecified atom stereocenters. The van der Waals surface area contributed by atoms with Gasteiger partial charge in [-0.1, -0.05) is 35.3 Å². The zero-order chi connectivity index (χ0) is 38.2. The zero-order valence-corrected chi connectivity index (χ0v) is 33.8. The van der Waals surface area contributed by atoms with Gasteiger partial charge in [0.15, 0.2) is 0 Å². The molecule has 8 rings (SSSR count). The van der Waals surface area contributed by atoms with E-state index in [0.29, 0.717) is 67.9 Å². The van der Waals surface area contributed by atoms with Crippen molar-refractivity contribution >= 4 is 40.7 Å². The minimum atomic E-state index is -1.06. The van der Waals surface area contributed by atoms with Crippen LogP contribution in [0.3, 0.4) is 0 Å². The first-order valence-electron chi connectivity index (χ1n) is 20.4. The van der Waals surface area contributed by atoms with Crippen molar-refractivity contribution in [2.45, 2.75) is 70.7 Å². The van der Waals surface area contributed by atoms with Crippen LogP contribution >= 0.6 is 23.2 Å². The number of anilines is 1. The van der Waals surface area contributed by atoms with Gasteiger partial charge in [0.25, 0.3) is 0 Å². The van der Waals surface area contributed by atoms with E-state index < -0.39 is 5.79 Å². The lowest BCUT2D eigenvalue weighted by Gasteiger charge is -2.59. The highest BCUT2D eigenvalue weighted by atomic mass is 35.5. The first kappa shape index (κ1) is 38.8. The van der Waals surface area contributed by atoms with Crippen molar-refractivity contribution < 1.29 is 28.5 Å². The van der Waals surface area contributed by atoms with Gasteiger partial charge in [-0.3, -0.25) is 9.59 Å². The van der Waals surface area contributed by atoms with E-state index in [9.17, 15) is 9.59 Å². The van der Waals surface area contributed by atoms with Crippen molar-refractivity contribution in [3.05, 3.63) is 70.3 Å². The number of hydrogen-bond acceptors (Lipinski definition) is 8. The van der Waals surface area contributed by atoms with Gasteiger partial charge < -0.3 is 39.0 Å². The number of hydrogen-bond donors (Lipinski definition) is 1. The van der Waals surface area contributed by atoms with Crippen LogP contribution in [0, 0.1) is 28.6 Å². The number of allylic oxidation sites excluding steroid dienone is 1. The quantitative estimate of drug-likeness (QED) is 0.184. The maximum absolute atomic E-state index is 13.0. The molecule has 3 bridgehead atoms. The van der Waals surface area contributed by atoms with Gasteiger partial charge in [-0.15, -0.1) is 0 Å². The van der Waals surface area contributed by atoms with Crippen LogP contribution in [0.15, 0.2) is 54.7 Å². The van der Waals surface area contributed by atoms with Crippen LogP contribution in [-0.4, -0.2) is 100.0 Å². The van der Waals surface area contributed by atoms with Gasteiger partial charge in [0.2, 0.25) is 17.6 Å². The summed E-state index contributed by atoms with van der Waals surface area (Å²) in [5, 5.41) is 4.14. The summed E-state index contributed by atoms with van der Waals surface area (Å²) in [6, 6.07) is 13.4. The Kier molecular flexibility index (Phi) is 11.4. The second-order valence-electron chi connectivity index (χ2n) is 16.9. The molecule has 6 fully saturated rings. The molecule has 55 heavy (non-hydrogen) atoms. The van der Waals surface area contributed by atoms with Crippen LogP contribution in [-0.2, 0) is 29.6 Å². The molecule has 2 aliphatic heterocycles. The molecule has 4 aliphatic carbocycles. The molecule has 2 heterocycles.